The van der Waals surface area contributed by atoms with E-state index in [1.807, 2.05) is 51.4 Å². The number of carbonyl (C=O) groups excluding carboxylic acids is 2. The molecule has 0 radical (unpaired) electrons. The highest BCUT2D eigenvalue weighted by Gasteiger charge is 2.28. The molecule has 2 amide bonds. The van der Waals surface area contributed by atoms with Gasteiger partial charge in [0.2, 0.25) is 0 Å². The molecule has 0 spiro atoms. The molecule has 7 nitrogen and oxygen atoms in total. The topological polar surface area (TPSA) is 74.8 Å². The Morgan fingerprint density at radius 3 is 2.69 bits per heavy atom. The summed E-state index contributed by atoms with van der Waals surface area (Å²) >= 11 is 6.33. The first-order valence-electron chi connectivity index (χ1n) is 12.0. The maximum absolute atomic E-state index is 13.5. The summed E-state index contributed by atoms with van der Waals surface area (Å²) in [5.74, 6) is -0.00712. The van der Waals surface area contributed by atoms with Crippen molar-refractivity contribution in [2.75, 3.05) is 44.0 Å². The predicted molar refractivity (Wildman–Crippen MR) is 143 cm³/mol. The Kier molecular flexibility index (Phi) is 8.36. The largest absolute Gasteiger partial charge is 0.372 e. The number of pyridine rings is 1. The zero-order valence-electron chi connectivity index (χ0n) is 20.8. The molecule has 0 saturated carbocycles. The zero-order chi connectivity index (χ0) is 25.7. The minimum Gasteiger partial charge on any atom is -0.372 e. The van der Waals surface area contributed by atoms with Crippen molar-refractivity contribution in [3.05, 3.63) is 88.1 Å². The van der Waals surface area contributed by atoms with Crippen LogP contribution in [-0.2, 0) is 4.74 Å². The SMILES string of the molecule is Cc1ccccc1C(=O)Nc1ccc(C(=O)N2CCCC(OCCN(C)C)c3cc(Cl)ccc32)cn1. The van der Waals surface area contributed by atoms with Gasteiger partial charge in [0.15, 0.2) is 0 Å². The Labute approximate surface area is 217 Å². The second kappa shape index (κ2) is 11.6. The van der Waals surface area contributed by atoms with E-state index < -0.39 is 0 Å². The molecule has 1 N–H and O–H groups in total. The number of nitrogens with one attached hydrogen (secondary N) is 1. The van der Waals surface area contributed by atoms with Gasteiger partial charge in [-0.3, -0.25) is 9.59 Å². The van der Waals surface area contributed by atoms with E-state index in [-0.39, 0.29) is 17.9 Å². The second-order valence-electron chi connectivity index (χ2n) is 9.17. The molecule has 3 aromatic rings. The first-order chi connectivity index (χ1) is 17.3. The van der Waals surface area contributed by atoms with Gasteiger partial charge in [-0.05, 0) is 75.8 Å². The van der Waals surface area contributed by atoms with Gasteiger partial charge in [0, 0.05) is 41.1 Å². The van der Waals surface area contributed by atoms with Gasteiger partial charge in [0.05, 0.1) is 18.3 Å². The summed E-state index contributed by atoms with van der Waals surface area (Å²) in [4.78, 5) is 34.3. The van der Waals surface area contributed by atoms with Crippen LogP contribution in [0.15, 0.2) is 60.8 Å². The van der Waals surface area contributed by atoms with Crippen LogP contribution < -0.4 is 10.2 Å². The first kappa shape index (κ1) is 25.8. The van der Waals surface area contributed by atoms with Gasteiger partial charge in [-0.25, -0.2) is 4.98 Å². The molecule has 8 heteroatoms. The number of nitrogens with zero attached hydrogens (tertiary/aromatic N) is 3. The molecule has 4 rings (SSSR count). The Balaban J connectivity index is 1.51. The lowest BCUT2D eigenvalue weighted by Crippen LogP contribution is -2.32. The molecule has 188 valence electrons. The normalized spacial score (nSPS) is 15.4. The van der Waals surface area contributed by atoms with Crippen molar-refractivity contribution in [3.8, 4) is 0 Å². The molecule has 0 saturated heterocycles. The number of hydrogen-bond donors (Lipinski definition) is 1. The molecule has 36 heavy (non-hydrogen) atoms. The number of hydrogen-bond acceptors (Lipinski definition) is 5. The van der Waals surface area contributed by atoms with Gasteiger partial charge in [-0.15, -0.1) is 0 Å². The Hall–Kier alpha value is -3.26. The highest BCUT2D eigenvalue weighted by Crippen LogP contribution is 2.37. The minimum atomic E-state index is -0.238. The van der Waals surface area contributed by atoms with Crippen LogP contribution in [-0.4, -0.2) is 55.5 Å². The summed E-state index contributed by atoms with van der Waals surface area (Å²) in [6, 6.07) is 16.3. The van der Waals surface area contributed by atoms with E-state index in [0.29, 0.717) is 35.1 Å². The molecule has 1 aliphatic rings. The fourth-order valence-electron chi connectivity index (χ4n) is 4.26. The molecule has 0 bridgehead atoms. The van der Waals surface area contributed by atoms with Crippen LogP contribution in [0.1, 0.15) is 50.8 Å². The lowest BCUT2D eigenvalue weighted by molar-refractivity contribution is 0.0386. The third-order valence-electron chi connectivity index (χ3n) is 6.22. The van der Waals surface area contributed by atoms with Crippen LogP contribution in [0.2, 0.25) is 5.02 Å². The number of ether oxygens (including phenoxy) is 1. The molecule has 0 fully saturated rings. The lowest BCUT2D eigenvalue weighted by atomic mass is 10.0. The third kappa shape index (κ3) is 6.10. The van der Waals surface area contributed by atoms with Gasteiger partial charge in [-0.2, -0.15) is 0 Å². The highest BCUT2D eigenvalue weighted by atomic mass is 35.5. The van der Waals surface area contributed by atoms with Crippen LogP contribution in [0.5, 0.6) is 0 Å². The number of likely N-dealkylation sites (N-methyl/N-ethyl adjacent to an activating group) is 1. The Morgan fingerprint density at radius 1 is 1.17 bits per heavy atom. The van der Waals surface area contributed by atoms with E-state index in [1.165, 1.54) is 6.20 Å². The summed E-state index contributed by atoms with van der Waals surface area (Å²) in [5.41, 5.74) is 3.63. The van der Waals surface area contributed by atoms with Crippen molar-refractivity contribution >= 4 is 34.9 Å². The average molecular weight is 507 g/mol. The summed E-state index contributed by atoms with van der Waals surface area (Å²) in [6.45, 7) is 3.85. The second-order valence-corrected chi connectivity index (χ2v) is 9.60. The third-order valence-corrected chi connectivity index (χ3v) is 6.45. The fraction of sp³-hybridized carbons (Fsp3) is 0.321. The average Bonchev–Trinajstić information content (AvgIpc) is 3.03. The van der Waals surface area contributed by atoms with Gasteiger partial charge in [0.25, 0.3) is 11.8 Å². The zero-order valence-corrected chi connectivity index (χ0v) is 21.6. The quantitative estimate of drug-likeness (QED) is 0.467. The van der Waals surface area contributed by atoms with Crippen molar-refractivity contribution < 1.29 is 14.3 Å². The molecular weight excluding hydrogens is 476 g/mol. The van der Waals surface area contributed by atoms with Gasteiger partial charge in [-0.1, -0.05) is 29.8 Å². The number of anilines is 2. The number of rotatable bonds is 7. The van der Waals surface area contributed by atoms with Crippen LogP contribution in [0.25, 0.3) is 0 Å². The number of aromatic nitrogens is 1. The number of benzene rings is 2. The van der Waals surface area contributed by atoms with Crippen molar-refractivity contribution in [2.45, 2.75) is 25.9 Å². The summed E-state index contributed by atoms with van der Waals surface area (Å²) in [6.07, 6.45) is 2.96. The van der Waals surface area contributed by atoms with Crippen molar-refractivity contribution in [2.24, 2.45) is 0 Å². The number of amides is 2. The Bertz CT molecular complexity index is 1230. The molecule has 0 aliphatic carbocycles. The standard InChI is InChI=1S/C28H31ClN4O3/c1-19-7-4-5-8-22(19)27(34)31-26-13-10-20(18-30-26)28(35)33-14-6-9-25(36-16-15-32(2)3)23-17-21(29)11-12-24(23)33/h4-5,7-8,10-13,17-18,25H,6,9,14-16H2,1-3H3,(H,30,31,34). The summed E-state index contributed by atoms with van der Waals surface area (Å²) in [7, 11) is 4.02. The first-order valence-corrected chi connectivity index (χ1v) is 12.4. The van der Waals surface area contributed by atoms with Crippen LogP contribution >= 0.6 is 11.6 Å². The predicted octanol–water partition coefficient (Wildman–Crippen LogP) is 5.36. The lowest BCUT2D eigenvalue weighted by Gasteiger charge is -2.25. The van der Waals surface area contributed by atoms with Crippen LogP contribution in [0.4, 0.5) is 11.5 Å². The van der Waals surface area contributed by atoms with Crippen molar-refractivity contribution in [1.82, 2.24) is 9.88 Å². The number of halogens is 1. The molecule has 1 aliphatic heterocycles. The maximum Gasteiger partial charge on any atom is 0.259 e. The summed E-state index contributed by atoms with van der Waals surface area (Å²) in [5, 5.41) is 3.41. The molecule has 2 aromatic carbocycles. The van der Waals surface area contributed by atoms with Crippen LogP contribution in [0, 0.1) is 6.92 Å². The van der Waals surface area contributed by atoms with E-state index in [2.05, 4.69) is 15.2 Å². The van der Waals surface area contributed by atoms with E-state index in [4.69, 9.17) is 16.3 Å². The number of carbonyl (C=O) groups is 2. The van der Waals surface area contributed by atoms with Crippen molar-refractivity contribution in [3.63, 3.8) is 0 Å². The monoisotopic (exact) mass is 506 g/mol. The van der Waals surface area contributed by atoms with Gasteiger partial charge in [0.1, 0.15) is 5.82 Å². The van der Waals surface area contributed by atoms with Gasteiger partial charge >= 0.3 is 0 Å². The van der Waals surface area contributed by atoms with Crippen molar-refractivity contribution in [1.29, 1.82) is 0 Å². The maximum atomic E-state index is 13.5. The van der Waals surface area contributed by atoms with Gasteiger partial charge < -0.3 is 19.9 Å². The van der Waals surface area contributed by atoms with E-state index in [1.54, 1.807) is 29.2 Å². The minimum absolute atomic E-state index is 0.131. The molecule has 1 unspecified atom stereocenters. The van der Waals surface area contributed by atoms with E-state index in [0.717, 1.165) is 36.2 Å². The molecular formula is C28H31ClN4O3. The van der Waals surface area contributed by atoms with E-state index >= 15 is 0 Å². The molecule has 1 aromatic heterocycles. The number of aryl methyl sites for hydroxylation is 1. The molecule has 1 atom stereocenters. The van der Waals surface area contributed by atoms with Crippen LogP contribution in [0.3, 0.4) is 0 Å². The van der Waals surface area contributed by atoms with E-state index in [9.17, 15) is 9.59 Å². The highest BCUT2D eigenvalue weighted by molar-refractivity contribution is 6.30. The Morgan fingerprint density at radius 2 is 1.97 bits per heavy atom. The fourth-order valence-corrected chi connectivity index (χ4v) is 4.44. The molecule has 2 heterocycles. The number of fused-ring (bicyclic) bond motifs is 1. The smallest absolute Gasteiger partial charge is 0.259 e. The summed E-state index contributed by atoms with van der Waals surface area (Å²) < 4.78 is 6.20.